The third-order valence-electron chi connectivity index (χ3n) is 5.15. The third kappa shape index (κ3) is 3.58. The van der Waals surface area contributed by atoms with E-state index in [1.165, 1.54) is 6.92 Å². The van der Waals surface area contributed by atoms with Gasteiger partial charge in [-0.05, 0) is 42.9 Å². The van der Waals surface area contributed by atoms with Gasteiger partial charge in [0.15, 0.2) is 12.6 Å². The second-order valence-corrected chi connectivity index (χ2v) is 6.98. The number of hydrogen-bond acceptors (Lipinski definition) is 5. The zero-order valence-corrected chi connectivity index (χ0v) is 15.2. The molecule has 0 aromatic heterocycles. The molecule has 1 saturated heterocycles. The lowest BCUT2D eigenvalue weighted by molar-refractivity contribution is -0.131. The molecule has 0 N–H and O–H groups in total. The van der Waals surface area contributed by atoms with Gasteiger partial charge in [0, 0.05) is 18.9 Å². The summed E-state index contributed by atoms with van der Waals surface area (Å²) in [5.41, 5.74) is 0.533. The van der Waals surface area contributed by atoms with E-state index >= 15 is 0 Å². The van der Waals surface area contributed by atoms with Gasteiger partial charge in [0.2, 0.25) is 0 Å². The number of esters is 1. The van der Waals surface area contributed by atoms with Crippen LogP contribution in [0.3, 0.4) is 0 Å². The Morgan fingerprint density at radius 2 is 2.15 bits per heavy atom. The van der Waals surface area contributed by atoms with Gasteiger partial charge in [-0.1, -0.05) is 25.1 Å². The van der Waals surface area contributed by atoms with Crippen molar-refractivity contribution in [1.29, 1.82) is 0 Å². The number of rotatable bonds is 6. The molecular formula is C21H24O5. The van der Waals surface area contributed by atoms with Crippen LogP contribution < -0.4 is 4.74 Å². The van der Waals surface area contributed by atoms with Gasteiger partial charge in [-0.25, -0.2) is 0 Å². The molecule has 0 amide bonds. The maximum absolute atomic E-state index is 12.3. The number of carbonyl (C=O) groups is 2. The first-order valence-electron chi connectivity index (χ1n) is 8.85. The number of ketones is 1. The minimum Gasteiger partial charge on any atom is -0.469 e. The third-order valence-corrected chi connectivity index (χ3v) is 5.15. The summed E-state index contributed by atoms with van der Waals surface area (Å²) in [7, 11) is 0. The van der Waals surface area contributed by atoms with E-state index in [0.717, 1.165) is 12.0 Å². The molecule has 5 heteroatoms. The number of hydrogen-bond donors (Lipinski definition) is 0. The molecule has 1 aromatic carbocycles. The molecule has 5 nitrogen and oxygen atoms in total. The number of fused-ring (bicyclic) bond motifs is 1. The first kappa shape index (κ1) is 18.4. The van der Waals surface area contributed by atoms with Crippen LogP contribution in [-0.4, -0.2) is 24.1 Å². The number of allylic oxidation sites excluding steroid dienone is 2. The largest absolute Gasteiger partial charge is 0.469 e. The van der Waals surface area contributed by atoms with E-state index in [2.05, 4.69) is 13.5 Å². The predicted molar refractivity (Wildman–Crippen MR) is 96.4 cm³/mol. The highest BCUT2D eigenvalue weighted by molar-refractivity contribution is 5.93. The van der Waals surface area contributed by atoms with Crippen molar-refractivity contribution in [2.45, 2.75) is 38.7 Å². The van der Waals surface area contributed by atoms with E-state index < -0.39 is 5.60 Å². The molecule has 1 aliphatic carbocycles. The molecule has 1 aliphatic heterocycles. The normalized spacial score (nSPS) is 25.7. The molecule has 138 valence electrons. The molecule has 26 heavy (non-hydrogen) atoms. The van der Waals surface area contributed by atoms with Crippen molar-refractivity contribution in [2.24, 2.45) is 11.8 Å². The molecule has 3 atom stereocenters. The van der Waals surface area contributed by atoms with Gasteiger partial charge in [-0.3, -0.25) is 9.59 Å². The zero-order valence-electron chi connectivity index (χ0n) is 15.2. The van der Waals surface area contributed by atoms with Crippen molar-refractivity contribution < 1.29 is 23.8 Å². The lowest BCUT2D eigenvalue weighted by atomic mass is 9.71. The lowest BCUT2D eigenvalue weighted by Crippen LogP contribution is -2.44. The van der Waals surface area contributed by atoms with Gasteiger partial charge >= 0.3 is 5.97 Å². The monoisotopic (exact) mass is 356 g/mol. The molecule has 1 aromatic rings. The van der Waals surface area contributed by atoms with Crippen LogP contribution in [0, 0.1) is 11.8 Å². The van der Waals surface area contributed by atoms with Gasteiger partial charge in [-0.2, -0.15) is 0 Å². The Hall–Kier alpha value is -2.40. The fraction of sp³-hybridized carbons (Fsp3) is 0.429. The van der Waals surface area contributed by atoms with Crippen LogP contribution in [0.5, 0.6) is 5.75 Å². The predicted octanol–water partition coefficient (Wildman–Crippen LogP) is 3.58. The molecule has 3 rings (SSSR count). The second kappa shape index (κ2) is 7.46. The standard InChI is InChI=1S/C21H24O5/c1-4-5-17-12-21(20(11-19(17)23)24-13-25-21)14(2)10-16-6-8-18(9-7-16)26-15(3)22/h4,6-9,11,14,17H,1,5,10,12-13H2,2-3H3/t14?,17-,21+/m0/s1. The van der Waals surface area contributed by atoms with Crippen LogP contribution >= 0.6 is 0 Å². The summed E-state index contributed by atoms with van der Waals surface area (Å²) < 4.78 is 16.7. The SMILES string of the molecule is C=CC[C@H]1C[C@]2(C(C)Cc3ccc(OC(C)=O)cc3)OCOC2=CC1=O. The molecule has 1 unspecified atom stereocenters. The zero-order chi connectivity index (χ0) is 18.7. The van der Waals surface area contributed by atoms with E-state index in [1.54, 1.807) is 24.3 Å². The van der Waals surface area contributed by atoms with Gasteiger partial charge in [0.1, 0.15) is 17.1 Å². The maximum Gasteiger partial charge on any atom is 0.308 e. The molecule has 0 saturated carbocycles. The highest BCUT2D eigenvalue weighted by Gasteiger charge is 2.51. The molecule has 1 fully saturated rings. The summed E-state index contributed by atoms with van der Waals surface area (Å²) in [6, 6.07) is 7.46. The van der Waals surface area contributed by atoms with E-state index in [9.17, 15) is 9.59 Å². The average Bonchev–Trinajstić information content (AvgIpc) is 3.00. The fourth-order valence-corrected chi connectivity index (χ4v) is 3.79. The van der Waals surface area contributed by atoms with Gasteiger partial charge < -0.3 is 14.2 Å². The van der Waals surface area contributed by atoms with Gasteiger partial charge in [-0.15, -0.1) is 6.58 Å². The molecule has 0 bridgehead atoms. The molecular weight excluding hydrogens is 332 g/mol. The van der Waals surface area contributed by atoms with E-state index in [4.69, 9.17) is 14.2 Å². The minimum atomic E-state index is -0.573. The highest BCUT2D eigenvalue weighted by atomic mass is 16.7. The highest BCUT2D eigenvalue weighted by Crippen LogP contribution is 2.46. The number of benzene rings is 1. The summed E-state index contributed by atoms with van der Waals surface area (Å²) in [4.78, 5) is 23.3. The van der Waals surface area contributed by atoms with E-state index in [-0.39, 0.29) is 30.4 Å². The average molecular weight is 356 g/mol. The van der Waals surface area contributed by atoms with Crippen LogP contribution in [0.1, 0.15) is 32.3 Å². The Bertz CT molecular complexity index is 733. The summed E-state index contributed by atoms with van der Waals surface area (Å²) in [6.45, 7) is 7.43. The Labute approximate surface area is 153 Å². The fourth-order valence-electron chi connectivity index (χ4n) is 3.79. The summed E-state index contributed by atoms with van der Waals surface area (Å²) >= 11 is 0. The smallest absolute Gasteiger partial charge is 0.308 e. The molecule has 0 spiro atoms. The Morgan fingerprint density at radius 3 is 2.81 bits per heavy atom. The van der Waals surface area contributed by atoms with Gasteiger partial charge in [0.05, 0.1) is 0 Å². The number of ether oxygens (including phenoxy) is 3. The first-order valence-corrected chi connectivity index (χ1v) is 8.85. The van der Waals surface area contributed by atoms with Crippen LogP contribution in [0.25, 0.3) is 0 Å². The Kier molecular flexibility index (Phi) is 5.28. The first-order chi connectivity index (χ1) is 12.4. The van der Waals surface area contributed by atoms with Crippen molar-refractivity contribution in [3.05, 3.63) is 54.3 Å². The van der Waals surface area contributed by atoms with Gasteiger partial charge in [0.25, 0.3) is 0 Å². The van der Waals surface area contributed by atoms with Crippen molar-refractivity contribution in [3.63, 3.8) is 0 Å². The van der Waals surface area contributed by atoms with Crippen molar-refractivity contribution >= 4 is 11.8 Å². The molecule has 1 heterocycles. The topological polar surface area (TPSA) is 61.8 Å². The summed E-state index contributed by atoms with van der Waals surface area (Å²) in [5, 5.41) is 0. The van der Waals surface area contributed by atoms with Crippen LogP contribution in [-0.2, 0) is 25.5 Å². The molecule has 0 radical (unpaired) electrons. The summed E-state index contributed by atoms with van der Waals surface area (Å²) in [6.07, 6.45) is 5.39. The molecule has 2 aliphatic rings. The van der Waals surface area contributed by atoms with E-state index in [0.29, 0.717) is 24.4 Å². The van der Waals surface area contributed by atoms with Crippen LogP contribution in [0.4, 0.5) is 0 Å². The maximum atomic E-state index is 12.3. The quantitative estimate of drug-likeness (QED) is 0.443. The lowest BCUT2D eigenvalue weighted by Gasteiger charge is -2.38. The van der Waals surface area contributed by atoms with Crippen molar-refractivity contribution in [3.8, 4) is 5.75 Å². The Balaban J connectivity index is 1.78. The van der Waals surface area contributed by atoms with Crippen molar-refractivity contribution in [2.75, 3.05) is 6.79 Å². The number of carbonyl (C=O) groups excluding carboxylic acids is 2. The van der Waals surface area contributed by atoms with Crippen LogP contribution in [0.15, 0.2) is 48.8 Å². The van der Waals surface area contributed by atoms with Crippen LogP contribution in [0.2, 0.25) is 0 Å². The second-order valence-electron chi connectivity index (χ2n) is 6.98. The Morgan fingerprint density at radius 1 is 1.42 bits per heavy atom. The minimum absolute atomic E-state index is 0.0824. The van der Waals surface area contributed by atoms with E-state index in [1.807, 2.05) is 12.1 Å². The summed E-state index contributed by atoms with van der Waals surface area (Å²) in [5.74, 6) is 0.924. The van der Waals surface area contributed by atoms with Crippen molar-refractivity contribution in [1.82, 2.24) is 0 Å².